The molecule has 5 heteroatoms. The van der Waals surface area contributed by atoms with E-state index >= 15 is 0 Å². The van der Waals surface area contributed by atoms with Crippen LogP contribution < -0.4 is 10.6 Å². The Bertz CT molecular complexity index is 488. The van der Waals surface area contributed by atoms with Gasteiger partial charge >= 0.3 is 6.09 Å². The van der Waals surface area contributed by atoms with Gasteiger partial charge in [-0.3, -0.25) is 0 Å². The summed E-state index contributed by atoms with van der Waals surface area (Å²) in [7, 11) is 0. The van der Waals surface area contributed by atoms with Gasteiger partial charge in [-0.25, -0.2) is 4.79 Å². The van der Waals surface area contributed by atoms with Gasteiger partial charge in [0.05, 0.1) is 0 Å². The highest BCUT2D eigenvalue weighted by Gasteiger charge is 2.27. The molecule has 2 N–H and O–H groups in total. The Morgan fingerprint density at radius 1 is 1.22 bits per heavy atom. The van der Waals surface area contributed by atoms with Crippen LogP contribution in [0.2, 0.25) is 0 Å². The molecule has 0 radical (unpaired) electrons. The minimum absolute atomic E-state index is 0.226. The Balaban J connectivity index is 1.59. The van der Waals surface area contributed by atoms with E-state index in [1.165, 1.54) is 4.90 Å². The normalized spacial score (nSPS) is 21.2. The zero-order valence-electron chi connectivity index (χ0n) is 14.3. The van der Waals surface area contributed by atoms with Gasteiger partial charge in [-0.05, 0) is 52.2 Å². The number of ether oxygens (including phenoxy) is 1. The van der Waals surface area contributed by atoms with Crippen LogP contribution in [0.4, 0.5) is 4.79 Å². The maximum Gasteiger partial charge on any atom is 0.407 e. The molecule has 2 atom stereocenters. The van der Waals surface area contributed by atoms with Crippen molar-refractivity contribution >= 4 is 17.9 Å². The first kappa shape index (κ1) is 18.1. The fraction of sp³-hybridized carbons (Fsp3) is 0.611. The van der Waals surface area contributed by atoms with Crippen molar-refractivity contribution < 1.29 is 9.53 Å². The number of amides is 1. The van der Waals surface area contributed by atoms with Gasteiger partial charge in [0.2, 0.25) is 0 Å². The van der Waals surface area contributed by atoms with Crippen molar-refractivity contribution in [3.8, 4) is 0 Å². The molecule has 1 aliphatic carbocycles. The average Bonchev–Trinajstić information content (AvgIpc) is 2.90. The molecule has 0 heterocycles. The molecule has 23 heavy (non-hydrogen) atoms. The van der Waals surface area contributed by atoms with Gasteiger partial charge in [0.1, 0.15) is 5.60 Å². The summed E-state index contributed by atoms with van der Waals surface area (Å²) in [5, 5.41) is 6.57. The largest absolute Gasteiger partial charge is 0.444 e. The zero-order chi connectivity index (χ0) is 16.7. The predicted octanol–water partition coefficient (Wildman–Crippen LogP) is 3.81. The molecule has 128 valence electrons. The molecule has 1 fully saturated rings. The van der Waals surface area contributed by atoms with Crippen molar-refractivity contribution in [2.45, 2.75) is 62.6 Å². The third kappa shape index (κ3) is 7.27. The number of thioether (sulfide) groups is 1. The number of hydrogen-bond acceptors (Lipinski definition) is 4. The van der Waals surface area contributed by atoms with Crippen LogP contribution >= 0.6 is 11.8 Å². The van der Waals surface area contributed by atoms with E-state index in [9.17, 15) is 4.79 Å². The first-order chi connectivity index (χ1) is 10.9. The zero-order valence-corrected chi connectivity index (χ0v) is 15.1. The first-order valence-corrected chi connectivity index (χ1v) is 9.32. The summed E-state index contributed by atoms with van der Waals surface area (Å²) in [5.41, 5.74) is -0.436. The Labute approximate surface area is 143 Å². The summed E-state index contributed by atoms with van der Waals surface area (Å²) in [6.07, 6.45) is 2.80. The van der Waals surface area contributed by atoms with Crippen LogP contribution in [-0.2, 0) is 4.74 Å². The maximum atomic E-state index is 11.8. The van der Waals surface area contributed by atoms with Crippen molar-refractivity contribution in [3.63, 3.8) is 0 Å². The third-order valence-electron chi connectivity index (χ3n) is 3.70. The summed E-state index contributed by atoms with van der Waals surface area (Å²) in [6, 6.07) is 11.2. The molecule has 0 spiro atoms. The fourth-order valence-corrected chi connectivity index (χ4v) is 3.53. The van der Waals surface area contributed by atoms with Gasteiger partial charge in [0.15, 0.2) is 0 Å². The molecule has 2 unspecified atom stereocenters. The van der Waals surface area contributed by atoms with Crippen LogP contribution in [0.5, 0.6) is 0 Å². The topological polar surface area (TPSA) is 50.4 Å². The minimum atomic E-state index is -0.436. The first-order valence-electron chi connectivity index (χ1n) is 8.33. The Morgan fingerprint density at radius 2 is 1.91 bits per heavy atom. The molecule has 0 aromatic heterocycles. The van der Waals surface area contributed by atoms with E-state index in [2.05, 4.69) is 34.9 Å². The van der Waals surface area contributed by atoms with E-state index in [4.69, 9.17) is 4.74 Å². The molecule has 0 aliphatic heterocycles. The number of carbonyl (C=O) groups excluding carboxylic acids is 1. The Morgan fingerprint density at radius 3 is 2.61 bits per heavy atom. The van der Waals surface area contributed by atoms with E-state index in [1.807, 2.05) is 38.6 Å². The van der Waals surface area contributed by atoms with Crippen LogP contribution in [0.15, 0.2) is 35.2 Å². The number of rotatable bonds is 6. The van der Waals surface area contributed by atoms with Gasteiger partial charge in [-0.1, -0.05) is 18.2 Å². The second-order valence-electron chi connectivity index (χ2n) is 6.97. The Kier molecular flexibility index (Phi) is 6.78. The molecule has 1 aromatic carbocycles. The number of hydrogen-bond donors (Lipinski definition) is 2. The molecular formula is C18H28N2O2S. The lowest BCUT2D eigenvalue weighted by atomic mass is 10.2. The van der Waals surface area contributed by atoms with Crippen LogP contribution in [0.25, 0.3) is 0 Å². The molecule has 1 aromatic rings. The van der Waals surface area contributed by atoms with Gasteiger partial charge in [-0.2, -0.15) is 0 Å². The lowest BCUT2D eigenvalue weighted by Gasteiger charge is -2.21. The summed E-state index contributed by atoms with van der Waals surface area (Å²) in [6.45, 7) is 6.64. The van der Waals surface area contributed by atoms with Crippen molar-refractivity contribution in [2.24, 2.45) is 0 Å². The van der Waals surface area contributed by atoms with Crippen molar-refractivity contribution in [1.29, 1.82) is 0 Å². The SMILES string of the molecule is CC(C)(C)OC(=O)NC1CCC(NCCSc2ccccc2)C1. The molecule has 4 nitrogen and oxygen atoms in total. The van der Waals surface area contributed by atoms with Gasteiger partial charge in [0.25, 0.3) is 0 Å². The molecule has 0 bridgehead atoms. The van der Waals surface area contributed by atoms with Crippen LogP contribution in [-0.4, -0.2) is 36.1 Å². The monoisotopic (exact) mass is 336 g/mol. The number of carbonyl (C=O) groups is 1. The van der Waals surface area contributed by atoms with Crippen LogP contribution in [0, 0.1) is 0 Å². The lowest BCUT2D eigenvalue weighted by Crippen LogP contribution is -2.39. The van der Waals surface area contributed by atoms with E-state index in [-0.39, 0.29) is 12.1 Å². The molecular weight excluding hydrogens is 308 g/mol. The van der Waals surface area contributed by atoms with Crippen molar-refractivity contribution in [2.75, 3.05) is 12.3 Å². The molecule has 1 amide bonds. The lowest BCUT2D eigenvalue weighted by molar-refractivity contribution is 0.0505. The molecule has 0 saturated heterocycles. The van der Waals surface area contributed by atoms with Crippen LogP contribution in [0.3, 0.4) is 0 Å². The third-order valence-corrected chi connectivity index (χ3v) is 4.71. The van der Waals surface area contributed by atoms with Gasteiger partial charge in [0, 0.05) is 29.3 Å². The highest BCUT2D eigenvalue weighted by atomic mass is 32.2. The van der Waals surface area contributed by atoms with E-state index in [0.717, 1.165) is 31.6 Å². The minimum Gasteiger partial charge on any atom is -0.444 e. The quantitative estimate of drug-likeness (QED) is 0.612. The summed E-state index contributed by atoms with van der Waals surface area (Å²) < 4.78 is 5.31. The van der Waals surface area contributed by atoms with Crippen molar-refractivity contribution in [3.05, 3.63) is 30.3 Å². The van der Waals surface area contributed by atoms with E-state index in [1.54, 1.807) is 0 Å². The second kappa shape index (κ2) is 8.60. The summed E-state index contributed by atoms with van der Waals surface area (Å²) in [4.78, 5) is 13.1. The number of benzene rings is 1. The smallest absolute Gasteiger partial charge is 0.407 e. The summed E-state index contributed by atoms with van der Waals surface area (Å²) >= 11 is 1.87. The standard InChI is InChI=1S/C18H28N2O2S/c1-18(2,3)22-17(21)20-15-10-9-14(13-15)19-11-12-23-16-7-5-4-6-8-16/h4-8,14-15,19H,9-13H2,1-3H3,(H,20,21). The number of alkyl carbamates (subject to hydrolysis) is 1. The molecule has 2 rings (SSSR count). The fourth-order valence-electron chi connectivity index (χ4n) is 2.72. The Hall–Kier alpha value is -1.20. The van der Waals surface area contributed by atoms with Gasteiger partial charge in [-0.15, -0.1) is 11.8 Å². The van der Waals surface area contributed by atoms with Gasteiger partial charge < -0.3 is 15.4 Å². The predicted molar refractivity (Wildman–Crippen MR) is 96.0 cm³/mol. The van der Waals surface area contributed by atoms with Crippen molar-refractivity contribution in [1.82, 2.24) is 10.6 Å². The highest BCUT2D eigenvalue weighted by molar-refractivity contribution is 7.99. The second-order valence-corrected chi connectivity index (χ2v) is 8.14. The van der Waals surface area contributed by atoms with E-state index in [0.29, 0.717) is 6.04 Å². The number of nitrogens with one attached hydrogen (secondary N) is 2. The average molecular weight is 337 g/mol. The van der Waals surface area contributed by atoms with Crippen LogP contribution in [0.1, 0.15) is 40.0 Å². The molecule has 1 saturated carbocycles. The summed E-state index contributed by atoms with van der Waals surface area (Å²) in [5.74, 6) is 1.06. The van der Waals surface area contributed by atoms with E-state index < -0.39 is 5.60 Å². The maximum absolute atomic E-state index is 11.8. The highest BCUT2D eigenvalue weighted by Crippen LogP contribution is 2.21. The molecule has 1 aliphatic rings.